The van der Waals surface area contributed by atoms with Gasteiger partial charge in [-0.1, -0.05) is 0 Å². The molecule has 0 unspecified atom stereocenters. The first-order chi connectivity index (χ1) is 2.89. The molecule has 0 aliphatic carbocycles. The van der Waals surface area contributed by atoms with Crippen molar-refractivity contribution in [2.75, 3.05) is 13.7 Å². The van der Waals surface area contributed by atoms with Crippen molar-refractivity contribution in [1.29, 1.82) is 0 Å². The minimum absolute atomic E-state index is 0.802. The summed E-state index contributed by atoms with van der Waals surface area (Å²) in [6.45, 7) is 0.802. The van der Waals surface area contributed by atoms with Crippen LogP contribution >= 0.6 is 0 Å². The third-order valence-corrected chi connectivity index (χ3v) is 0.651. The molecule has 0 aromatic heterocycles. The number of nitrogens with one attached hydrogen (secondary N) is 3. The summed E-state index contributed by atoms with van der Waals surface area (Å²) in [5.41, 5.74) is 8.56. The SMILES string of the molecule is CN1NCNN1. The van der Waals surface area contributed by atoms with Gasteiger partial charge in [0.25, 0.3) is 0 Å². The number of hydrogen-bond acceptors (Lipinski definition) is 4. The van der Waals surface area contributed by atoms with Crippen LogP contribution in [0.5, 0.6) is 0 Å². The first-order valence-electron chi connectivity index (χ1n) is 1.85. The highest BCUT2D eigenvalue weighted by atomic mass is 15.9. The van der Waals surface area contributed by atoms with E-state index in [4.69, 9.17) is 0 Å². The minimum Gasteiger partial charge on any atom is -0.227 e. The maximum Gasteiger partial charge on any atom is 0.0750 e. The molecule has 0 saturated carbocycles. The van der Waals surface area contributed by atoms with Gasteiger partial charge in [0.1, 0.15) is 0 Å². The predicted molar refractivity (Wildman–Crippen MR) is 22.0 cm³/mol. The molecule has 0 aromatic rings. The fraction of sp³-hybridized carbons (Fsp3) is 1.00. The summed E-state index contributed by atoms with van der Waals surface area (Å²) < 4.78 is 0. The normalized spacial score (nSPS) is 25.5. The van der Waals surface area contributed by atoms with Crippen LogP contribution in [0.15, 0.2) is 0 Å². The summed E-state index contributed by atoms with van der Waals surface area (Å²) in [4.78, 5) is 0. The van der Waals surface area contributed by atoms with Crippen LogP contribution in [-0.2, 0) is 0 Å². The third-order valence-electron chi connectivity index (χ3n) is 0.651. The van der Waals surface area contributed by atoms with Crippen molar-refractivity contribution >= 4 is 0 Å². The predicted octanol–water partition coefficient (Wildman–Crippen LogP) is -1.60. The molecule has 0 amide bonds. The van der Waals surface area contributed by atoms with Gasteiger partial charge >= 0.3 is 0 Å². The molecule has 1 heterocycles. The molecule has 4 heteroatoms. The van der Waals surface area contributed by atoms with Crippen molar-refractivity contribution in [1.82, 2.24) is 21.5 Å². The average Bonchev–Trinajstić information content (AvgIpc) is 1.86. The van der Waals surface area contributed by atoms with Crippen molar-refractivity contribution in [3.05, 3.63) is 0 Å². The van der Waals surface area contributed by atoms with E-state index in [9.17, 15) is 0 Å². The zero-order valence-corrected chi connectivity index (χ0v) is 3.65. The van der Waals surface area contributed by atoms with Gasteiger partial charge in [-0.15, -0.1) is 0 Å². The van der Waals surface area contributed by atoms with E-state index in [1.807, 2.05) is 7.05 Å². The second kappa shape index (κ2) is 1.53. The second-order valence-corrected chi connectivity index (χ2v) is 1.18. The van der Waals surface area contributed by atoms with Crippen LogP contribution < -0.4 is 16.4 Å². The van der Waals surface area contributed by atoms with E-state index in [0.717, 1.165) is 6.67 Å². The molecule has 1 saturated heterocycles. The molecule has 36 valence electrons. The van der Waals surface area contributed by atoms with Gasteiger partial charge in [0.2, 0.25) is 0 Å². The van der Waals surface area contributed by atoms with Gasteiger partial charge < -0.3 is 0 Å². The first kappa shape index (κ1) is 4.01. The van der Waals surface area contributed by atoms with E-state index in [1.54, 1.807) is 5.12 Å². The molecule has 0 atom stereocenters. The Balaban J connectivity index is 2.18. The van der Waals surface area contributed by atoms with Crippen LogP contribution in [0, 0.1) is 0 Å². The Morgan fingerprint density at radius 3 is 2.67 bits per heavy atom. The van der Waals surface area contributed by atoms with Crippen molar-refractivity contribution in [2.24, 2.45) is 0 Å². The van der Waals surface area contributed by atoms with Crippen molar-refractivity contribution in [3.63, 3.8) is 0 Å². The topological polar surface area (TPSA) is 39.3 Å². The van der Waals surface area contributed by atoms with E-state index in [1.165, 1.54) is 0 Å². The lowest BCUT2D eigenvalue weighted by Crippen LogP contribution is -2.35. The summed E-state index contributed by atoms with van der Waals surface area (Å²) >= 11 is 0. The molecule has 0 radical (unpaired) electrons. The highest BCUT2D eigenvalue weighted by Gasteiger charge is 1.98. The van der Waals surface area contributed by atoms with Crippen molar-refractivity contribution in [2.45, 2.75) is 0 Å². The number of nitrogens with zero attached hydrogens (tertiary/aromatic N) is 1. The number of hydrogen-bond donors (Lipinski definition) is 3. The Kier molecular flexibility index (Phi) is 1.02. The maximum atomic E-state index is 2.93. The van der Waals surface area contributed by atoms with Gasteiger partial charge in [0.15, 0.2) is 0 Å². The van der Waals surface area contributed by atoms with Crippen LogP contribution in [0.25, 0.3) is 0 Å². The van der Waals surface area contributed by atoms with Gasteiger partial charge in [-0.3, -0.25) is 0 Å². The Labute approximate surface area is 36.4 Å². The lowest BCUT2D eigenvalue weighted by molar-refractivity contribution is 0.221. The number of rotatable bonds is 0. The molecular formula is C2H8N4. The Morgan fingerprint density at radius 2 is 2.50 bits per heavy atom. The van der Waals surface area contributed by atoms with Crippen LogP contribution in [0.4, 0.5) is 0 Å². The largest absolute Gasteiger partial charge is 0.227 e. The maximum absolute atomic E-state index is 2.93. The Bertz CT molecular complexity index is 38.8. The van der Waals surface area contributed by atoms with E-state index in [0.29, 0.717) is 0 Å². The second-order valence-electron chi connectivity index (χ2n) is 1.18. The van der Waals surface area contributed by atoms with Gasteiger partial charge in [0, 0.05) is 7.05 Å². The molecule has 0 spiro atoms. The van der Waals surface area contributed by atoms with Crippen molar-refractivity contribution < 1.29 is 0 Å². The fourth-order valence-corrected chi connectivity index (χ4v) is 0.356. The summed E-state index contributed by atoms with van der Waals surface area (Å²) in [6.07, 6.45) is 0. The molecule has 6 heavy (non-hydrogen) atoms. The van der Waals surface area contributed by atoms with Crippen LogP contribution in [0.2, 0.25) is 0 Å². The molecule has 4 nitrogen and oxygen atoms in total. The molecular weight excluding hydrogens is 80.1 g/mol. The Hall–Kier alpha value is -0.160. The lowest BCUT2D eigenvalue weighted by Gasteiger charge is -2.02. The highest BCUT2D eigenvalue weighted by molar-refractivity contribution is 4.37. The molecule has 1 aliphatic rings. The van der Waals surface area contributed by atoms with Crippen LogP contribution in [-0.4, -0.2) is 18.8 Å². The summed E-state index contributed by atoms with van der Waals surface area (Å²) in [5, 5.41) is 1.75. The molecule has 0 aromatic carbocycles. The molecule has 1 aliphatic heterocycles. The van der Waals surface area contributed by atoms with Gasteiger partial charge in [-0.25, -0.2) is 10.9 Å². The van der Waals surface area contributed by atoms with E-state index >= 15 is 0 Å². The average molecular weight is 88.1 g/mol. The van der Waals surface area contributed by atoms with Gasteiger partial charge in [-0.05, 0) is 0 Å². The quantitative estimate of drug-likeness (QED) is 0.333. The summed E-state index contributed by atoms with van der Waals surface area (Å²) in [5.74, 6) is 0. The first-order valence-corrected chi connectivity index (χ1v) is 1.85. The molecule has 1 fully saturated rings. The lowest BCUT2D eigenvalue weighted by atomic mass is 11.2. The Morgan fingerprint density at radius 1 is 1.67 bits per heavy atom. The van der Waals surface area contributed by atoms with E-state index < -0.39 is 0 Å². The zero-order chi connectivity index (χ0) is 4.41. The summed E-state index contributed by atoms with van der Waals surface area (Å²) in [7, 11) is 1.89. The van der Waals surface area contributed by atoms with E-state index in [-0.39, 0.29) is 0 Å². The monoisotopic (exact) mass is 88.1 g/mol. The molecule has 3 N–H and O–H groups in total. The molecule has 0 bridgehead atoms. The third kappa shape index (κ3) is 0.662. The minimum atomic E-state index is 0.802. The zero-order valence-electron chi connectivity index (χ0n) is 3.65. The van der Waals surface area contributed by atoms with Crippen LogP contribution in [0.1, 0.15) is 0 Å². The van der Waals surface area contributed by atoms with Crippen molar-refractivity contribution in [3.8, 4) is 0 Å². The standard InChI is InChI=1S/C2H8N4/c1-6-4-2-3-5-6/h3-5H,2H2,1H3. The number of hydrazine groups is 3. The fourth-order valence-electron chi connectivity index (χ4n) is 0.356. The van der Waals surface area contributed by atoms with Gasteiger partial charge in [0.05, 0.1) is 6.67 Å². The summed E-state index contributed by atoms with van der Waals surface area (Å²) in [6, 6.07) is 0. The smallest absolute Gasteiger partial charge is 0.0750 e. The van der Waals surface area contributed by atoms with Crippen LogP contribution in [0.3, 0.4) is 0 Å². The highest BCUT2D eigenvalue weighted by Crippen LogP contribution is 1.64. The molecule has 1 rings (SSSR count). The van der Waals surface area contributed by atoms with Gasteiger partial charge in [-0.2, -0.15) is 10.7 Å². The van der Waals surface area contributed by atoms with E-state index in [2.05, 4.69) is 16.4 Å².